The molecule has 0 unspecified atom stereocenters. The SMILES string of the molecule is Cc1cc(-c2nn3c(-c4ccco4)nnc3s2)c2ccccc2n1. The first-order valence-corrected chi connectivity index (χ1v) is 8.24. The van der Waals surface area contributed by atoms with Gasteiger partial charge >= 0.3 is 0 Å². The first-order valence-electron chi connectivity index (χ1n) is 7.42. The molecule has 0 amide bonds. The van der Waals surface area contributed by atoms with Crippen LogP contribution in [0, 0.1) is 6.92 Å². The molecule has 5 aromatic rings. The molecule has 4 aromatic heterocycles. The number of aromatic nitrogens is 5. The smallest absolute Gasteiger partial charge is 0.235 e. The molecule has 4 heterocycles. The maximum absolute atomic E-state index is 5.42. The summed E-state index contributed by atoms with van der Waals surface area (Å²) in [4.78, 5) is 5.32. The fraction of sp³-hybridized carbons (Fsp3) is 0.0588. The van der Waals surface area contributed by atoms with Crippen LogP contribution in [0.1, 0.15) is 5.69 Å². The molecule has 24 heavy (non-hydrogen) atoms. The van der Waals surface area contributed by atoms with Gasteiger partial charge in [0, 0.05) is 16.6 Å². The number of rotatable bonds is 2. The maximum Gasteiger partial charge on any atom is 0.235 e. The number of aryl methyl sites for hydroxylation is 1. The van der Waals surface area contributed by atoms with Gasteiger partial charge in [-0.05, 0) is 31.2 Å². The van der Waals surface area contributed by atoms with Gasteiger partial charge in [-0.1, -0.05) is 29.5 Å². The quantitative estimate of drug-likeness (QED) is 0.489. The summed E-state index contributed by atoms with van der Waals surface area (Å²) >= 11 is 1.50. The van der Waals surface area contributed by atoms with Gasteiger partial charge in [0.15, 0.2) is 5.76 Å². The number of benzene rings is 1. The molecule has 116 valence electrons. The zero-order chi connectivity index (χ0) is 16.1. The Morgan fingerprint density at radius 3 is 2.88 bits per heavy atom. The molecule has 0 fully saturated rings. The molecular weight excluding hydrogens is 322 g/mol. The van der Waals surface area contributed by atoms with Crippen LogP contribution >= 0.6 is 11.3 Å². The van der Waals surface area contributed by atoms with Crippen molar-refractivity contribution in [3.63, 3.8) is 0 Å². The van der Waals surface area contributed by atoms with E-state index in [1.54, 1.807) is 10.8 Å². The molecule has 0 aliphatic rings. The lowest BCUT2D eigenvalue weighted by molar-refractivity contribution is 0.575. The molecule has 0 saturated carbocycles. The highest BCUT2D eigenvalue weighted by Gasteiger charge is 2.17. The van der Waals surface area contributed by atoms with Crippen molar-refractivity contribution in [1.82, 2.24) is 24.8 Å². The summed E-state index contributed by atoms with van der Waals surface area (Å²) in [5.74, 6) is 1.25. The number of para-hydroxylation sites is 1. The molecule has 0 aliphatic heterocycles. The number of furan rings is 1. The van der Waals surface area contributed by atoms with Crippen LogP contribution in [0.25, 0.3) is 38.0 Å². The Kier molecular flexibility index (Phi) is 2.77. The first-order chi connectivity index (χ1) is 11.8. The van der Waals surface area contributed by atoms with E-state index in [0.717, 1.165) is 32.1 Å². The van der Waals surface area contributed by atoms with Gasteiger partial charge in [-0.25, -0.2) is 0 Å². The lowest BCUT2D eigenvalue weighted by atomic mass is 10.1. The summed E-state index contributed by atoms with van der Waals surface area (Å²) in [6.45, 7) is 1.99. The van der Waals surface area contributed by atoms with E-state index in [4.69, 9.17) is 9.52 Å². The number of hydrogen-bond acceptors (Lipinski definition) is 6. The Morgan fingerprint density at radius 2 is 2.00 bits per heavy atom. The van der Waals surface area contributed by atoms with Crippen LogP contribution in [0.3, 0.4) is 0 Å². The maximum atomic E-state index is 5.42. The standard InChI is InChI=1S/C17H11N5OS/c1-10-9-12(11-5-2-3-6-13(11)18-10)16-21-22-15(14-7-4-8-23-14)19-20-17(22)24-16/h2-9H,1H3. The van der Waals surface area contributed by atoms with Crippen molar-refractivity contribution in [2.75, 3.05) is 0 Å². The third kappa shape index (κ3) is 1.95. The summed E-state index contributed by atoms with van der Waals surface area (Å²) in [5, 5.41) is 15.1. The zero-order valence-electron chi connectivity index (χ0n) is 12.7. The van der Waals surface area contributed by atoms with Gasteiger partial charge in [-0.15, -0.1) is 10.2 Å². The van der Waals surface area contributed by atoms with E-state index in [2.05, 4.69) is 27.3 Å². The number of pyridine rings is 1. The number of fused-ring (bicyclic) bond motifs is 2. The molecule has 1 aromatic carbocycles. The van der Waals surface area contributed by atoms with Crippen molar-refractivity contribution in [3.05, 3.63) is 54.4 Å². The van der Waals surface area contributed by atoms with Gasteiger partial charge in [0.2, 0.25) is 10.8 Å². The van der Waals surface area contributed by atoms with Crippen molar-refractivity contribution in [1.29, 1.82) is 0 Å². The monoisotopic (exact) mass is 333 g/mol. The highest BCUT2D eigenvalue weighted by atomic mass is 32.1. The van der Waals surface area contributed by atoms with Gasteiger partial charge in [-0.3, -0.25) is 4.98 Å². The Bertz CT molecular complexity index is 1170. The molecule has 0 saturated heterocycles. The fourth-order valence-corrected chi connectivity index (χ4v) is 3.64. The van der Waals surface area contributed by atoms with Crippen LogP contribution in [-0.4, -0.2) is 24.8 Å². The van der Waals surface area contributed by atoms with Gasteiger partial charge in [0.25, 0.3) is 0 Å². The number of hydrogen-bond donors (Lipinski definition) is 0. The highest BCUT2D eigenvalue weighted by Crippen LogP contribution is 2.32. The molecule has 0 atom stereocenters. The minimum atomic E-state index is 0.604. The zero-order valence-corrected chi connectivity index (χ0v) is 13.5. The van der Waals surface area contributed by atoms with Gasteiger partial charge in [-0.2, -0.15) is 9.61 Å². The summed E-state index contributed by atoms with van der Waals surface area (Å²) in [6, 6.07) is 13.8. The van der Waals surface area contributed by atoms with Crippen LogP contribution in [0.5, 0.6) is 0 Å². The largest absolute Gasteiger partial charge is 0.461 e. The van der Waals surface area contributed by atoms with Gasteiger partial charge < -0.3 is 4.42 Å². The van der Waals surface area contributed by atoms with Crippen LogP contribution < -0.4 is 0 Å². The van der Waals surface area contributed by atoms with E-state index in [-0.39, 0.29) is 0 Å². The number of nitrogens with zero attached hydrogens (tertiary/aromatic N) is 5. The molecule has 0 spiro atoms. The molecule has 5 rings (SSSR count). The third-order valence-electron chi connectivity index (χ3n) is 3.81. The minimum Gasteiger partial charge on any atom is -0.461 e. The van der Waals surface area contributed by atoms with E-state index < -0.39 is 0 Å². The van der Waals surface area contributed by atoms with Crippen molar-refractivity contribution < 1.29 is 4.42 Å². The second-order valence-corrected chi connectivity index (χ2v) is 6.39. The highest BCUT2D eigenvalue weighted by molar-refractivity contribution is 7.19. The van der Waals surface area contributed by atoms with Crippen LogP contribution in [0.2, 0.25) is 0 Å². The predicted octanol–water partition coefficient (Wildman–Crippen LogP) is 3.97. The second kappa shape index (κ2) is 4.97. The molecular formula is C17H11N5OS. The summed E-state index contributed by atoms with van der Waals surface area (Å²) in [7, 11) is 0. The molecule has 0 N–H and O–H groups in total. The van der Waals surface area contributed by atoms with E-state index in [1.165, 1.54) is 11.3 Å². The second-order valence-electron chi connectivity index (χ2n) is 5.43. The van der Waals surface area contributed by atoms with Crippen molar-refractivity contribution in [2.24, 2.45) is 0 Å². The first kappa shape index (κ1) is 13.4. The summed E-state index contributed by atoms with van der Waals surface area (Å²) < 4.78 is 7.15. The van der Waals surface area contributed by atoms with Crippen molar-refractivity contribution in [3.8, 4) is 22.2 Å². The average Bonchev–Trinajstić information content (AvgIpc) is 3.30. The predicted molar refractivity (Wildman–Crippen MR) is 91.8 cm³/mol. The Hall–Kier alpha value is -3.06. The van der Waals surface area contributed by atoms with E-state index in [1.807, 2.05) is 37.3 Å². The summed E-state index contributed by atoms with van der Waals surface area (Å²) in [6.07, 6.45) is 1.61. The average molecular weight is 333 g/mol. The van der Waals surface area contributed by atoms with Crippen LogP contribution in [0.15, 0.2) is 53.1 Å². The topological polar surface area (TPSA) is 69.1 Å². The molecule has 0 aliphatic carbocycles. The lowest BCUT2D eigenvalue weighted by Gasteiger charge is -2.04. The Balaban J connectivity index is 1.76. The third-order valence-corrected chi connectivity index (χ3v) is 4.74. The van der Waals surface area contributed by atoms with Crippen LogP contribution in [-0.2, 0) is 0 Å². The Labute approximate surface area is 140 Å². The molecule has 0 bridgehead atoms. The molecule has 7 heteroatoms. The van der Waals surface area contributed by atoms with E-state index in [0.29, 0.717) is 11.6 Å². The fourth-order valence-electron chi connectivity index (χ4n) is 2.77. The molecule has 0 radical (unpaired) electrons. The van der Waals surface area contributed by atoms with Gasteiger partial charge in [0.05, 0.1) is 11.8 Å². The van der Waals surface area contributed by atoms with Crippen LogP contribution in [0.4, 0.5) is 0 Å². The Morgan fingerprint density at radius 1 is 1.08 bits per heavy atom. The minimum absolute atomic E-state index is 0.604. The molecule has 6 nitrogen and oxygen atoms in total. The van der Waals surface area contributed by atoms with Crippen molar-refractivity contribution in [2.45, 2.75) is 6.92 Å². The lowest BCUT2D eigenvalue weighted by Crippen LogP contribution is -1.91. The summed E-state index contributed by atoms with van der Waals surface area (Å²) in [5.41, 5.74) is 2.98. The van der Waals surface area contributed by atoms with E-state index >= 15 is 0 Å². The van der Waals surface area contributed by atoms with Gasteiger partial charge in [0.1, 0.15) is 5.01 Å². The van der Waals surface area contributed by atoms with E-state index in [9.17, 15) is 0 Å². The normalized spacial score (nSPS) is 11.5. The van der Waals surface area contributed by atoms with Crippen molar-refractivity contribution >= 4 is 27.2 Å².